The summed E-state index contributed by atoms with van der Waals surface area (Å²) in [5.41, 5.74) is 12.3. The van der Waals surface area contributed by atoms with Crippen molar-refractivity contribution in [3.05, 3.63) is 77.4 Å². The number of nitrogens with zero attached hydrogens (tertiary/aromatic N) is 5. The van der Waals surface area contributed by atoms with Crippen molar-refractivity contribution in [3.63, 3.8) is 0 Å². The fourth-order valence-corrected chi connectivity index (χ4v) is 3.22. The zero-order valence-electron chi connectivity index (χ0n) is 18.2. The maximum absolute atomic E-state index is 9.25. The molecule has 1 fully saturated rings. The monoisotopic (exact) mass is 440 g/mol. The molecule has 0 amide bonds. The lowest BCUT2D eigenvalue weighted by atomic mass is 10.1. The number of hydrogen-bond donors (Lipinski definition) is 3. The molecule has 33 heavy (non-hydrogen) atoms. The average Bonchev–Trinajstić information content (AvgIpc) is 3.66. The lowest BCUT2D eigenvalue weighted by molar-refractivity contribution is 0.181. The molecule has 0 bridgehead atoms. The summed E-state index contributed by atoms with van der Waals surface area (Å²) in [6.07, 6.45) is 3.81. The van der Waals surface area contributed by atoms with E-state index in [1.165, 1.54) is 0 Å². The summed E-state index contributed by atoms with van der Waals surface area (Å²) in [4.78, 5) is 13.7. The van der Waals surface area contributed by atoms with E-state index < -0.39 is 0 Å². The van der Waals surface area contributed by atoms with Crippen molar-refractivity contribution in [2.24, 2.45) is 5.11 Å². The van der Waals surface area contributed by atoms with E-state index in [4.69, 9.17) is 10.3 Å². The van der Waals surface area contributed by atoms with Gasteiger partial charge in [-0.15, -0.1) is 0 Å². The summed E-state index contributed by atoms with van der Waals surface area (Å²) in [6.45, 7) is 0.913. The maximum atomic E-state index is 9.25. The molecule has 0 atom stereocenters. The Bertz CT molecular complexity index is 1210. The van der Waals surface area contributed by atoms with Crippen molar-refractivity contribution in [1.29, 1.82) is 10.8 Å². The molecule has 4 rings (SSSR count). The summed E-state index contributed by atoms with van der Waals surface area (Å²) in [7, 11) is 1.64. The Labute approximate surface area is 192 Å². The third-order valence-electron chi connectivity index (χ3n) is 4.99. The third-order valence-corrected chi connectivity index (χ3v) is 4.99. The van der Waals surface area contributed by atoms with Gasteiger partial charge in [0, 0.05) is 24.9 Å². The van der Waals surface area contributed by atoms with Gasteiger partial charge in [-0.3, -0.25) is 4.98 Å². The Morgan fingerprint density at radius 2 is 2.00 bits per heavy atom. The molecule has 0 aliphatic heterocycles. The zero-order valence-corrected chi connectivity index (χ0v) is 18.2. The molecule has 0 unspecified atom stereocenters. The molecule has 0 spiro atoms. The normalized spacial score (nSPS) is 13.3. The highest BCUT2D eigenvalue weighted by Crippen LogP contribution is 2.27. The first-order valence-electron chi connectivity index (χ1n) is 10.6. The standard InChI is InChI=1S/C24H24N8O/c1-33-15-20-7-3-6-19(28-20)13-27-14-23(32-26)22-11-21(17-5-2-4-16(10-17)12-25)30-24(31-22)29-18-8-9-18/h2-7,10-11,14,18,26-27H,8-9,13,15H2,1H3,(H,29,30,31)/b23-14-,32-26?. The molecular weight excluding hydrogens is 416 g/mol. The van der Waals surface area contributed by atoms with Crippen molar-refractivity contribution < 1.29 is 4.74 Å². The number of nitrogens with one attached hydrogen (secondary N) is 3. The van der Waals surface area contributed by atoms with Crippen LogP contribution in [0.15, 0.2) is 59.8 Å². The Hall–Kier alpha value is -4.16. The van der Waals surface area contributed by atoms with Gasteiger partial charge in [-0.2, -0.15) is 10.4 Å². The second-order valence-corrected chi connectivity index (χ2v) is 7.65. The molecule has 1 aromatic carbocycles. The number of hydrogen-bond acceptors (Lipinski definition) is 9. The molecular formula is C24H24N8O. The van der Waals surface area contributed by atoms with E-state index in [-0.39, 0.29) is 0 Å². The summed E-state index contributed by atoms with van der Waals surface area (Å²) >= 11 is 0. The van der Waals surface area contributed by atoms with Crippen LogP contribution in [-0.2, 0) is 17.9 Å². The van der Waals surface area contributed by atoms with Gasteiger partial charge in [-0.05, 0) is 43.2 Å². The molecule has 2 aromatic heterocycles. The summed E-state index contributed by atoms with van der Waals surface area (Å²) in [5.74, 6) is 0.482. The van der Waals surface area contributed by atoms with Crippen LogP contribution in [0.5, 0.6) is 0 Å². The van der Waals surface area contributed by atoms with Crippen LogP contribution in [0.3, 0.4) is 0 Å². The molecule has 3 N–H and O–H groups in total. The lowest BCUT2D eigenvalue weighted by Gasteiger charge is -2.10. The van der Waals surface area contributed by atoms with Crippen molar-refractivity contribution in [2.45, 2.75) is 32.0 Å². The first kappa shape index (κ1) is 22.0. The lowest BCUT2D eigenvalue weighted by Crippen LogP contribution is -2.10. The Kier molecular flexibility index (Phi) is 6.97. The van der Waals surface area contributed by atoms with Crippen LogP contribution >= 0.6 is 0 Å². The Balaban J connectivity index is 1.60. The number of benzene rings is 1. The van der Waals surface area contributed by atoms with Crippen molar-refractivity contribution in [1.82, 2.24) is 20.3 Å². The van der Waals surface area contributed by atoms with Crippen molar-refractivity contribution >= 4 is 11.6 Å². The highest BCUT2D eigenvalue weighted by Gasteiger charge is 2.23. The molecule has 1 saturated carbocycles. The fourth-order valence-electron chi connectivity index (χ4n) is 3.22. The van der Waals surface area contributed by atoms with Crippen LogP contribution in [-0.4, -0.2) is 28.1 Å². The van der Waals surface area contributed by atoms with E-state index >= 15 is 0 Å². The van der Waals surface area contributed by atoms with Gasteiger partial charge in [0.1, 0.15) is 5.70 Å². The number of pyridine rings is 1. The minimum atomic E-state index is 0.363. The molecule has 9 nitrogen and oxygen atoms in total. The number of nitriles is 1. The first-order chi connectivity index (χ1) is 16.2. The highest BCUT2D eigenvalue weighted by atomic mass is 16.5. The Morgan fingerprint density at radius 1 is 1.18 bits per heavy atom. The van der Waals surface area contributed by atoms with Crippen LogP contribution in [0.25, 0.3) is 17.0 Å². The second-order valence-electron chi connectivity index (χ2n) is 7.65. The quantitative estimate of drug-likeness (QED) is 0.401. The summed E-state index contributed by atoms with van der Waals surface area (Å²) in [5, 5.41) is 19.4. The molecule has 166 valence electrons. The summed E-state index contributed by atoms with van der Waals surface area (Å²) < 4.78 is 5.13. The number of ether oxygens (including phenoxy) is 1. The van der Waals surface area contributed by atoms with Gasteiger partial charge in [0.2, 0.25) is 5.95 Å². The third kappa shape index (κ3) is 5.96. The smallest absolute Gasteiger partial charge is 0.224 e. The van der Waals surface area contributed by atoms with E-state index in [2.05, 4.69) is 36.8 Å². The van der Waals surface area contributed by atoms with E-state index in [0.29, 0.717) is 47.8 Å². The van der Waals surface area contributed by atoms with Crippen LogP contribution < -0.4 is 10.6 Å². The van der Waals surface area contributed by atoms with Crippen LogP contribution in [0.1, 0.15) is 35.5 Å². The zero-order chi connectivity index (χ0) is 23.0. The van der Waals surface area contributed by atoms with Gasteiger partial charge in [0.25, 0.3) is 0 Å². The average molecular weight is 441 g/mol. The van der Waals surface area contributed by atoms with Gasteiger partial charge >= 0.3 is 0 Å². The fraction of sp³-hybridized carbons (Fsp3) is 0.250. The number of methoxy groups -OCH3 is 1. The molecule has 2 heterocycles. The van der Waals surface area contributed by atoms with Crippen LogP contribution in [0.2, 0.25) is 0 Å². The van der Waals surface area contributed by atoms with E-state index in [1.54, 1.807) is 31.5 Å². The Morgan fingerprint density at radius 3 is 2.76 bits per heavy atom. The maximum Gasteiger partial charge on any atom is 0.224 e. The summed E-state index contributed by atoms with van der Waals surface area (Å²) in [6, 6.07) is 17.3. The van der Waals surface area contributed by atoms with E-state index in [9.17, 15) is 5.26 Å². The van der Waals surface area contributed by atoms with Gasteiger partial charge in [-0.1, -0.05) is 18.2 Å². The molecule has 1 aliphatic rings. The number of anilines is 1. The van der Waals surface area contributed by atoms with Gasteiger partial charge < -0.3 is 15.4 Å². The minimum absolute atomic E-state index is 0.363. The van der Waals surface area contributed by atoms with Crippen molar-refractivity contribution in [2.75, 3.05) is 12.4 Å². The number of rotatable bonds is 10. The van der Waals surface area contributed by atoms with Gasteiger partial charge in [-0.25, -0.2) is 15.5 Å². The van der Waals surface area contributed by atoms with Gasteiger partial charge in [0.05, 0.1) is 47.6 Å². The minimum Gasteiger partial charge on any atom is -0.383 e. The number of aromatic nitrogens is 3. The predicted octanol–water partition coefficient (Wildman–Crippen LogP) is 4.25. The first-order valence-corrected chi connectivity index (χ1v) is 10.6. The topological polar surface area (TPSA) is 132 Å². The van der Waals surface area contributed by atoms with E-state index in [0.717, 1.165) is 29.8 Å². The second kappa shape index (κ2) is 10.4. The largest absolute Gasteiger partial charge is 0.383 e. The van der Waals surface area contributed by atoms with Crippen LogP contribution in [0, 0.1) is 16.9 Å². The van der Waals surface area contributed by atoms with E-state index in [1.807, 2.05) is 30.3 Å². The van der Waals surface area contributed by atoms with Gasteiger partial charge in [0.15, 0.2) is 0 Å². The van der Waals surface area contributed by atoms with Crippen LogP contribution in [0.4, 0.5) is 5.95 Å². The SMILES string of the molecule is COCc1cccc(CN/C=C(\N=N)c2cc(-c3cccc(C#N)c3)nc(NC3CC3)n2)n1. The molecule has 0 radical (unpaired) electrons. The highest BCUT2D eigenvalue weighted by molar-refractivity contribution is 5.69. The van der Waals surface area contributed by atoms with Crippen molar-refractivity contribution in [3.8, 4) is 17.3 Å². The molecule has 9 heteroatoms. The molecule has 0 saturated heterocycles. The predicted molar refractivity (Wildman–Crippen MR) is 124 cm³/mol. The molecule has 3 aromatic rings. The molecule has 1 aliphatic carbocycles.